The molecule has 0 spiro atoms. The van der Waals surface area contributed by atoms with Gasteiger partial charge in [0, 0.05) is 18.5 Å². The first kappa shape index (κ1) is 10.0. The van der Waals surface area contributed by atoms with Gasteiger partial charge in [0.1, 0.15) is 0 Å². The van der Waals surface area contributed by atoms with Crippen molar-refractivity contribution in [2.45, 2.75) is 63.8 Å². The second kappa shape index (κ2) is 3.92. The van der Waals surface area contributed by atoms with Crippen LogP contribution in [0.25, 0.3) is 0 Å². The van der Waals surface area contributed by atoms with E-state index in [1.165, 1.54) is 44.9 Å². The summed E-state index contributed by atoms with van der Waals surface area (Å²) in [6, 6.07) is 0. The lowest BCUT2D eigenvalue weighted by Gasteiger charge is -2.47. The molecule has 0 radical (unpaired) electrons. The minimum Gasteiger partial charge on any atom is -0.355 e. The number of hydrogen-bond acceptors (Lipinski definition) is 1. The van der Waals surface area contributed by atoms with Gasteiger partial charge in [0.25, 0.3) is 0 Å². The molecular formula is C12H22N2. The van der Waals surface area contributed by atoms with Crippen LogP contribution >= 0.6 is 0 Å². The van der Waals surface area contributed by atoms with Crippen LogP contribution in [0.2, 0.25) is 0 Å². The fourth-order valence-electron chi connectivity index (χ4n) is 3.01. The van der Waals surface area contributed by atoms with E-state index in [1.807, 2.05) is 0 Å². The molecule has 0 aromatic heterocycles. The number of nitrogens with zero attached hydrogens (tertiary/aromatic N) is 1. The van der Waals surface area contributed by atoms with Crippen molar-refractivity contribution in [3.05, 3.63) is 0 Å². The molecule has 0 atom stereocenters. The summed E-state index contributed by atoms with van der Waals surface area (Å²) in [5, 5.41) is 8.03. The van der Waals surface area contributed by atoms with Gasteiger partial charge in [-0.15, -0.1) is 0 Å². The molecule has 2 fully saturated rings. The highest BCUT2D eigenvalue weighted by molar-refractivity contribution is 5.80. The molecule has 0 amide bonds. The molecule has 14 heavy (non-hydrogen) atoms. The Kier molecular flexibility index (Phi) is 2.80. The van der Waals surface area contributed by atoms with Gasteiger partial charge < -0.3 is 4.90 Å². The molecular weight excluding hydrogens is 172 g/mol. The maximum Gasteiger partial charge on any atom is 0.0962 e. The zero-order valence-corrected chi connectivity index (χ0v) is 9.31. The molecule has 0 unspecified atom stereocenters. The predicted octanol–water partition coefficient (Wildman–Crippen LogP) is 3.17. The number of rotatable bonds is 1. The zero-order valence-electron chi connectivity index (χ0n) is 9.31. The Balaban J connectivity index is 2.06. The summed E-state index contributed by atoms with van der Waals surface area (Å²) in [6.45, 7) is 3.50. The first-order valence-corrected chi connectivity index (χ1v) is 6.07. The van der Waals surface area contributed by atoms with Crippen LogP contribution in [0.4, 0.5) is 0 Å². The van der Waals surface area contributed by atoms with Crippen LogP contribution in [0, 0.1) is 5.41 Å². The largest absolute Gasteiger partial charge is 0.355 e. The van der Waals surface area contributed by atoms with Gasteiger partial charge in [-0.05, 0) is 32.6 Å². The van der Waals surface area contributed by atoms with E-state index in [0.29, 0.717) is 5.54 Å². The highest BCUT2D eigenvalue weighted by Crippen LogP contribution is 2.35. The average molecular weight is 194 g/mol. The number of hydrogen-bond donors (Lipinski definition) is 1. The first-order valence-electron chi connectivity index (χ1n) is 6.07. The van der Waals surface area contributed by atoms with Gasteiger partial charge in [-0.2, -0.15) is 0 Å². The standard InChI is InChI=1S/C12H22N2/c1-12(8-4-2-5-9-12)14-10-6-3-7-11(14)13/h13H,2-10H2,1H3. The van der Waals surface area contributed by atoms with E-state index in [9.17, 15) is 0 Å². The maximum atomic E-state index is 8.03. The van der Waals surface area contributed by atoms with Crippen LogP contribution in [-0.4, -0.2) is 22.8 Å². The van der Waals surface area contributed by atoms with Gasteiger partial charge in [0.15, 0.2) is 0 Å². The number of nitrogens with one attached hydrogen (secondary N) is 1. The Bertz CT molecular complexity index is 216. The monoisotopic (exact) mass is 194 g/mol. The topological polar surface area (TPSA) is 27.1 Å². The van der Waals surface area contributed by atoms with Crippen LogP contribution < -0.4 is 0 Å². The lowest BCUT2D eigenvalue weighted by Crippen LogP contribution is -2.52. The molecule has 2 rings (SSSR count). The van der Waals surface area contributed by atoms with E-state index in [4.69, 9.17) is 5.41 Å². The second-order valence-electron chi connectivity index (χ2n) is 5.11. The van der Waals surface area contributed by atoms with Gasteiger partial charge in [-0.25, -0.2) is 0 Å². The molecule has 1 aliphatic heterocycles. The fourth-order valence-corrected chi connectivity index (χ4v) is 3.01. The smallest absolute Gasteiger partial charge is 0.0962 e. The van der Waals surface area contributed by atoms with Crippen LogP contribution in [0.15, 0.2) is 0 Å². The van der Waals surface area contributed by atoms with Crippen LogP contribution in [0.3, 0.4) is 0 Å². The molecule has 0 aromatic carbocycles. The summed E-state index contributed by atoms with van der Waals surface area (Å²) in [6.07, 6.45) is 10.3. The molecule has 0 bridgehead atoms. The summed E-state index contributed by atoms with van der Waals surface area (Å²) >= 11 is 0. The summed E-state index contributed by atoms with van der Waals surface area (Å²) in [5.74, 6) is 0.903. The van der Waals surface area contributed by atoms with E-state index >= 15 is 0 Å². The van der Waals surface area contributed by atoms with Gasteiger partial charge in [-0.1, -0.05) is 19.3 Å². The Labute approximate surface area is 87.2 Å². The highest BCUT2D eigenvalue weighted by atomic mass is 15.2. The zero-order chi connectivity index (χ0) is 10.0. The molecule has 1 aliphatic carbocycles. The number of amidine groups is 1. The Morgan fingerprint density at radius 3 is 2.43 bits per heavy atom. The van der Waals surface area contributed by atoms with Crippen molar-refractivity contribution < 1.29 is 0 Å². The van der Waals surface area contributed by atoms with E-state index in [0.717, 1.165) is 18.8 Å². The maximum absolute atomic E-state index is 8.03. The SMILES string of the molecule is CC1(N2CCCCC2=N)CCCCC1. The molecule has 2 aliphatic rings. The van der Waals surface area contributed by atoms with E-state index < -0.39 is 0 Å². The molecule has 2 heteroatoms. The third kappa shape index (κ3) is 1.79. The van der Waals surface area contributed by atoms with Crippen molar-refractivity contribution in [3.8, 4) is 0 Å². The Morgan fingerprint density at radius 2 is 1.79 bits per heavy atom. The van der Waals surface area contributed by atoms with Crippen LogP contribution in [0.5, 0.6) is 0 Å². The van der Waals surface area contributed by atoms with Crippen molar-refractivity contribution >= 4 is 5.84 Å². The van der Waals surface area contributed by atoms with Crippen molar-refractivity contribution in [1.82, 2.24) is 4.90 Å². The summed E-state index contributed by atoms with van der Waals surface area (Å²) in [7, 11) is 0. The minimum absolute atomic E-state index is 0.329. The third-order valence-corrected chi connectivity index (χ3v) is 3.95. The predicted molar refractivity (Wildman–Crippen MR) is 59.8 cm³/mol. The third-order valence-electron chi connectivity index (χ3n) is 3.95. The lowest BCUT2D eigenvalue weighted by molar-refractivity contribution is 0.123. The molecule has 1 N–H and O–H groups in total. The van der Waals surface area contributed by atoms with Crippen molar-refractivity contribution in [2.75, 3.05) is 6.54 Å². The van der Waals surface area contributed by atoms with Crippen molar-refractivity contribution in [1.29, 1.82) is 5.41 Å². The van der Waals surface area contributed by atoms with E-state index in [2.05, 4.69) is 11.8 Å². The molecule has 2 nitrogen and oxygen atoms in total. The van der Waals surface area contributed by atoms with E-state index in [1.54, 1.807) is 0 Å². The number of piperidine rings is 1. The van der Waals surface area contributed by atoms with E-state index in [-0.39, 0.29) is 0 Å². The fraction of sp³-hybridized carbons (Fsp3) is 0.917. The minimum atomic E-state index is 0.329. The van der Waals surface area contributed by atoms with Gasteiger partial charge in [-0.3, -0.25) is 5.41 Å². The van der Waals surface area contributed by atoms with Crippen molar-refractivity contribution in [2.24, 2.45) is 0 Å². The molecule has 0 aromatic rings. The van der Waals surface area contributed by atoms with Gasteiger partial charge >= 0.3 is 0 Å². The Hall–Kier alpha value is -0.530. The molecule has 80 valence electrons. The molecule has 1 heterocycles. The highest BCUT2D eigenvalue weighted by Gasteiger charge is 2.35. The number of likely N-dealkylation sites (tertiary alicyclic amines) is 1. The average Bonchev–Trinajstić information content (AvgIpc) is 2.19. The molecule has 1 saturated carbocycles. The first-order chi connectivity index (χ1) is 6.72. The summed E-state index contributed by atoms with van der Waals surface area (Å²) in [5.41, 5.74) is 0.329. The van der Waals surface area contributed by atoms with Gasteiger partial charge in [0.05, 0.1) is 5.84 Å². The second-order valence-corrected chi connectivity index (χ2v) is 5.11. The van der Waals surface area contributed by atoms with Gasteiger partial charge in [0.2, 0.25) is 0 Å². The molecule has 1 saturated heterocycles. The summed E-state index contributed by atoms with van der Waals surface area (Å²) < 4.78 is 0. The quantitative estimate of drug-likeness (QED) is 0.682. The normalized spacial score (nSPS) is 27.8. The van der Waals surface area contributed by atoms with Crippen LogP contribution in [0.1, 0.15) is 58.3 Å². The van der Waals surface area contributed by atoms with Crippen LogP contribution in [-0.2, 0) is 0 Å². The Morgan fingerprint density at radius 1 is 1.07 bits per heavy atom. The lowest BCUT2D eigenvalue weighted by atomic mass is 9.81. The summed E-state index contributed by atoms with van der Waals surface area (Å²) in [4.78, 5) is 2.40. The van der Waals surface area contributed by atoms with Crippen molar-refractivity contribution in [3.63, 3.8) is 0 Å².